The molecular weight excluding hydrogens is 182 g/mol. The van der Waals surface area contributed by atoms with Crippen LogP contribution in [0.1, 0.15) is 26.7 Å². The molecule has 0 aromatic rings. The standard InChI is InChI=1S/C9H19N3O2/c1-3-4-6-11-9(14)12(7-5-10)8(2)13/h3-7,10H2,1-2H3,(H,11,14). The first-order valence-corrected chi connectivity index (χ1v) is 4.89. The summed E-state index contributed by atoms with van der Waals surface area (Å²) in [5, 5.41) is 2.66. The number of amides is 3. The van der Waals surface area contributed by atoms with Crippen LogP contribution in [-0.4, -0.2) is 36.5 Å². The number of hydrogen-bond donors (Lipinski definition) is 2. The molecule has 0 aliphatic carbocycles. The van der Waals surface area contributed by atoms with Gasteiger partial charge in [-0.25, -0.2) is 4.79 Å². The number of nitrogens with one attached hydrogen (secondary N) is 1. The van der Waals surface area contributed by atoms with E-state index < -0.39 is 0 Å². The van der Waals surface area contributed by atoms with Gasteiger partial charge in [0.2, 0.25) is 5.91 Å². The monoisotopic (exact) mass is 201 g/mol. The Labute approximate surface area is 84.6 Å². The Balaban J connectivity index is 3.96. The van der Waals surface area contributed by atoms with Crippen LogP contribution < -0.4 is 11.1 Å². The van der Waals surface area contributed by atoms with Crippen molar-refractivity contribution in [3.05, 3.63) is 0 Å². The summed E-state index contributed by atoms with van der Waals surface area (Å²) in [5.74, 6) is -0.274. The maximum atomic E-state index is 11.4. The van der Waals surface area contributed by atoms with Gasteiger partial charge in [-0.15, -0.1) is 0 Å². The molecule has 0 aliphatic rings. The molecular formula is C9H19N3O2. The molecule has 0 heterocycles. The average molecular weight is 201 g/mol. The van der Waals surface area contributed by atoms with E-state index in [-0.39, 0.29) is 18.5 Å². The Morgan fingerprint density at radius 2 is 2.07 bits per heavy atom. The third kappa shape index (κ3) is 4.81. The molecule has 0 saturated carbocycles. The van der Waals surface area contributed by atoms with E-state index in [1.165, 1.54) is 6.92 Å². The van der Waals surface area contributed by atoms with Gasteiger partial charge in [0.25, 0.3) is 0 Å². The lowest BCUT2D eigenvalue weighted by Crippen LogP contribution is -2.45. The normalized spacial score (nSPS) is 9.64. The Hall–Kier alpha value is -1.10. The number of nitrogens with zero attached hydrogens (tertiary/aromatic N) is 1. The van der Waals surface area contributed by atoms with Crippen molar-refractivity contribution < 1.29 is 9.59 Å². The van der Waals surface area contributed by atoms with E-state index in [0.717, 1.165) is 17.7 Å². The number of rotatable bonds is 5. The zero-order valence-electron chi connectivity index (χ0n) is 8.88. The lowest BCUT2D eigenvalue weighted by molar-refractivity contribution is -0.125. The molecule has 0 rings (SSSR count). The van der Waals surface area contributed by atoms with Gasteiger partial charge in [0.05, 0.1) is 0 Å². The maximum absolute atomic E-state index is 11.4. The highest BCUT2D eigenvalue weighted by Crippen LogP contribution is 1.91. The zero-order valence-corrected chi connectivity index (χ0v) is 8.88. The van der Waals surface area contributed by atoms with Crippen molar-refractivity contribution in [1.82, 2.24) is 10.2 Å². The van der Waals surface area contributed by atoms with E-state index in [4.69, 9.17) is 5.73 Å². The topological polar surface area (TPSA) is 75.4 Å². The summed E-state index contributed by atoms with van der Waals surface area (Å²) in [4.78, 5) is 23.5. The molecule has 0 aliphatic heterocycles. The van der Waals surface area contributed by atoms with Crippen molar-refractivity contribution in [3.8, 4) is 0 Å². The third-order valence-electron chi connectivity index (χ3n) is 1.78. The van der Waals surface area contributed by atoms with Crippen LogP contribution in [0.15, 0.2) is 0 Å². The SMILES string of the molecule is CCCCNC(=O)N(CCN)C(C)=O. The summed E-state index contributed by atoms with van der Waals surface area (Å²) in [7, 11) is 0. The van der Waals surface area contributed by atoms with Gasteiger partial charge >= 0.3 is 6.03 Å². The van der Waals surface area contributed by atoms with Crippen LogP contribution in [0, 0.1) is 0 Å². The third-order valence-corrected chi connectivity index (χ3v) is 1.78. The van der Waals surface area contributed by atoms with E-state index in [1.54, 1.807) is 0 Å². The largest absolute Gasteiger partial charge is 0.338 e. The van der Waals surface area contributed by atoms with Crippen molar-refractivity contribution in [1.29, 1.82) is 0 Å². The average Bonchev–Trinajstić information content (AvgIpc) is 2.13. The second-order valence-electron chi connectivity index (χ2n) is 3.04. The van der Waals surface area contributed by atoms with Gasteiger partial charge in [-0.05, 0) is 6.42 Å². The predicted octanol–water partition coefficient (Wildman–Crippen LogP) is 0.303. The van der Waals surface area contributed by atoms with Crippen molar-refractivity contribution in [3.63, 3.8) is 0 Å². The molecule has 0 aromatic carbocycles. The summed E-state index contributed by atoms with van der Waals surface area (Å²) in [6.45, 7) is 4.56. The first-order chi connectivity index (χ1) is 6.63. The maximum Gasteiger partial charge on any atom is 0.324 e. The first kappa shape index (κ1) is 12.9. The van der Waals surface area contributed by atoms with Gasteiger partial charge in [0, 0.05) is 26.6 Å². The smallest absolute Gasteiger partial charge is 0.324 e. The van der Waals surface area contributed by atoms with Gasteiger partial charge in [-0.1, -0.05) is 13.3 Å². The van der Waals surface area contributed by atoms with E-state index in [2.05, 4.69) is 5.32 Å². The van der Waals surface area contributed by atoms with E-state index >= 15 is 0 Å². The molecule has 0 unspecified atom stereocenters. The molecule has 0 atom stereocenters. The summed E-state index contributed by atoms with van der Waals surface area (Å²) in [6.07, 6.45) is 1.93. The highest BCUT2D eigenvalue weighted by molar-refractivity contribution is 5.93. The molecule has 0 saturated heterocycles. The van der Waals surface area contributed by atoms with Crippen LogP contribution in [0.4, 0.5) is 4.79 Å². The molecule has 82 valence electrons. The predicted molar refractivity (Wildman–Crippen MR) is 54.7 cm³/mol. The first-order valence-electron chi connectivity index (χ1n) is 4.89. The van der Waals surface area contributed by atoms with Crippen LogP contribution in [0.2, 0.25) is 0 Å². The lowest BCUT2D eigenvalue weighted by Gasteiger charge is -2.18. The Bertz CT molecular complexity index is 194. The van der Waals surface area contributed by atoms with Crippen LogP contribution in [0.25, 0.3) is 0 Å². The van der Waals surface area contributed by atoms with Crippen LogP contribution in [-0.2, 0) is 4.79 Å². The van der Waals surface area contributed by atoms with Crippen molar-refractivity contribution in [2.75, 3.05) is 19.6 Å². The Kier molecular flexibility index (Phi) is 6.74. The molecule has 3 amide bonds. The van der Waals surface area contributed by atoms with Crippen molar-refractivity contribution >= 4 is 11.9 Å². The van der Waals surface area contributed by atoms with Crippen molar-refractivity contribution in [2.24, 2.45) is 5.73 Å². The molecule has 0 radical (unpaired) electrons. The Morgan fingerprint density at radius 3 is 2.50 bits per heavy atom. The van der Waals surface area contributed by atoms with E-state index in [0.29, 0.717) is 13.1 Å². The molecule has 0 fully saturated rings. The Morgan fingerprint density at radius 1 is 1.43 bits per heavy atom. The highest BCUT2D eigenvalue weighted by atomic mass is 16.2. The minimum absolute atomic E-state index is 0.271. The fraction of sp³-hybridized carbons (Fsp3) is 0.778. The number of hydrogen-bond acceptors (Lipinski definition) is 3. The number of carbonyl (C=O) groups is 2. The minimum atomic E-state index is -0.351. The zero-order chi connectivity index (χ0) is 11.0. The van der Waals surface area contributed by atoms with Gasteiger partial charge < -0.3 is 11.1 Å². The summed E-state index contributed by atoms with van der Waals surface area (Å²) < 4.78 is 0. The molecule has 0 spiro atoms. The van der Waals surface area contributed by atoms with Crippen LogP contribution in [0.5, 0.6) is 0 Å². The summed E-state index contributed by atoms with van der Waals surface area (Å²) in [5.41, 5.74) is 5.29. The number of nitrogens with two attached hydrogens (primary N) is 1. The number of carbonyl (C=O) groups excluding carboxylic acids is 2. The van der Waals surface area contributed by atoms with Gasteiger partial charge in [0.15, 0.2) is 0 Å². The number of unbranched alkanes of at least 4 members (excludes halogenated alkanes) is 1. The second-order valence-corrected chi connectivity index (χ2v) is 3.04. The molecule has 0 bridgehead atoms. The number of imide groups is 1. The van der Waals surface area contributed by atoms with Crippen LogP contribution in [0.3, 0.4) is 0 Å². The van der Waals surface area contributed by atoms with Crippen LogP contribution >= 0.6 is 0 Å². The molecule has 0 aromatic heterocycles. The second kappa shape index (κ2) is 7.32. The fourth-order valence-corrected chi connectivity index (χ4v) is 0.999. The molecule has 5 nitrogen and oxygen atoms in total. The van der Waals surface area contributed by atoms with Gasteiger partial charge in [-0.2, -0.15) is 0 Å². The minimum Gasteiger partial charge on any atom is -0.338 e. The molecule has 3 N–H and O–H groups in total. The summed E-state index contributed by atoms with van der Waals surface area (Å²) in [6, 6.07) is -0.351. The summed E-state index contributed by atoms with van der Waals surface area (Å²) >= 11 is 0. The quantitative estimate of drug-likeness (QED) is 0.628. The fourth-order valence-electron chi connectivity index (χ4n) is 0.999. The van der Waals surface area contributed by atoms with Gasteiger partial charge in [0.1, 0.15) is 0 Å². The highest BCUT2D eigenvalue weighted by Gasteiger charge is 2.15. The van der Waals surface area contributed by atoms with Gasteiger partial charge in [-0.3, -0.25) is 9.69 Å². The molecule has 14 heavy (non-hydrogen) atoms. The van der Waals surface area contributed by atoms with E-state index in [9.17, 15) is 9.59 Å². The number of urea groups is 1. The van der Waals surface area contributed by atoms with Crippen molar-refractivity contribution in [2.45, 2.75) is 26.7 Å². The molecule has 5 heteroatoms. The van der Waals surface area contributed by atoms with E-state index in [1.807, 2.05) is 6.92 Å². The lowest BCUT2D eigenvalue weighted by atomic mass is 10.3.